The molecule has 1 heterocycles. The van der Waals surface area contributed by atoms with Crippen molar-refractivity contribution >= 4 is 0 Å². The molecule has 1 rings (SSSR count). The SMILES string of the molecule is CC(C)CC(C)(C)Cc1cn(CN(C)C(C)C)nn1.CC(C)CO.OO. The van der Waals surface area contributed by atoms with Crippen molar-refractivity contribution < 1.29 is 15.6 Å². The summed E-state index contributed by atoms with van der Waals surface area (Å²) < 4.78 is 1.93. The van der Waals surface area contributed by atoms with Gasteiger partial charge in [-0.05, 0) is 51.0 Å². The van der Waals surface area contributed by atoms with Crippen molar-refractivity contribution in [1.82, 2.24) is 19.9 Å². The maximum atomic E-state index is 8.14. The Hall–Kier alpha value is -1.02. The maximum Gasteiger partial charge on any atom is 0.0946 e. The van der Waals surface area contributed by atoms with Crippen LogP contribution in [0.3, 0.4) is 0 Å². The van der Waals surface area contributed by atoms with Crippen molar-refractivity contribution in [3.8, 4) is 0 Å². The maximum absolute atomic E-state index is 8.14. The molecule has 0 aliphatic carbocycles. The lowest BCUT2D eigenvalue weighted by atomic mass is 9.80. The number of rotatable bonds is 8. The highest BCUT2D eigenvalue weighted by Gasteiger charge is 2.21. The number of aliphatic hydroxyl groups is 1. The summed E-state index contributed by atoms with van der Waals surface area (Å²) in [6.45, 7) is 18.6. The van der Waals surface area contributed by atoms with Gasteiger partial charge in [0, 0.05) is 18.8 Å². The summed E-state index contributed by atoms with van der Waals surface area (Å²) in [7, 11) is 2.11. The van der Waals surface area contributed by atoms with Crippen molar-refractivity contribution in [2.75, 3.05) is 13.7 Å². The monoisotopic (exact) mass is 374 g/mol. The molecular weight excluding hydrogens is 332 g/mol. The standard InChI is InChI=1S/C15H30N4.C4H10O.H2O2/c1-12(2)8-15(5,6)9-14-10-19(17-16-14)11-18(7)13(3)4;1-4(2)3-5;1-2/h10,12-13H,8-9,11H2,1-7H3;4-5H,3H2,1-2H3;1-2H. The Morgan fingerprint density at radius 3 is 1.96 bits per heavy atom. The molecule has 7 heteroatoms. The highest BCUT2D eigenvalue weighted by atomic mass is 17.0. The van der Waals surface area contributed by atoms with Gasteiger partial charge >= 0.3 is 0 Å². The lowest BCUT2D eigenvalue weighted by molar-refractivity contribution is -0.176. The molecule has 3 N–H and O–H groups in total. The number of nitrogens with zero attached hydrogens (tertiary/aromatic N) is 4. The zero-order chi connectivity index (χ0) is 20.9. The molecule has 0 saturated heterocycles. The molecule has 1 aromatic heterocycles. The fourth-order valence-electron chi connectivity index (χ4n) is 2.55. The summed E-state index contributed by atoms with van der Waals surface area (Å²) in [5.41, 5.74) is 1.39. The van der Waals surface area contributed by atoms with Gasteiger partial charge < -0.3 is 5.11 Å². The van der Waals surface area contributed by atoms with Gasteiger partial charge in [-0.3, -0.25) is 15.4 Å². The van der Waals surface area contributed by atoms with E-state index >= 15 is 0 Å². The summed E-state index contributed by atoms with van der Waals surface area (Å²) in [6, 6.07) is 0.519. The van der Waals surface area contributed by atoms with Gasteiger partial charge in [0.05, 0.1) is 12.4 Å². The molecular formula is C19H42N4O3. The second kappa shape index (κ2) is 14.1. The smallest absolute Gasteiger partial charge is 0.0946 e. The second-order valence-corrected chi connectivity index (χ2v) is 8.76. The predicted octanol–water partition coefficient (Wildman–Crippen LogP) is 3.84. The highest BCUT2D eigenvalue weighted by molar-refractivity contribution is 4.97. The molecule has 0 saturated carbocycles. The highest BCUT2D eigenvalue weighted by Crippen LogP contribution is 2.28. The Labute approximate surface area is 160 Å². The van der Waals surface area contributed by atoms with Gasteiger partial charge in [0.1, 0.15) is 0 Å². The lowest BCUT2D eigenvalue weighted by Crippen LogP contribution is -2.28. The van der Waals surface area contributed by atoms with Crippen molar-refractivity contribution in [1.29, 1.82) is 0 Å². The van der Waals surface area contributed by atoms with E-state index in [0.717, 1.165) is 24.7 Å². The van der Waals surface area contributed by atoms with E-state index in [-0.39, 0.29) is 0 Å². The van der Waals surface area contributed by atoms with Crippen LogP contribution in [0.1, 0.15) is 67.5 Å². The quantitative estimate of drug-likeness (QED) is 0.473. The lowest BCUT2D eigenvalue weighted by Gasteiger charge is -2.25. The van der Waals surface area contributed by atoms with Crippen LogP contribution >= 0.6 is 0 Å². The van der Waals surface area contributed by atoms with E-state index in [1.807, 2.05) is 18.5 Å². The van der Waals surface area contributed by atoms with Crippen LogP contribution in [0.4, 0.5) is 0 Å². The fraction of sp³-hybridized carbons (Fsp3) is 0.895. The Kier molecular flexibility index (Phi) is 14.7. The fourth-order valence-corrected chi connectivity index (χ4v) is 2.55. The third-order valence-electron chi connectivity index (χ3n) is 3.82. The van der Waals surface area contributed by atoms with Gasteiger partial charge in [-0.2, -0.15) is 0 Å². The van der Waals surface area contributed by atoms with Crippen LogP contribution in [0, 0.1) is 17.3 Å². The Bertz CT molecular complexity index is 446. The minimum Gasteiger partial charge on any atom is -0.396 e. The van der Waals surface area contributed by atoms with E-state index in [1.165, 1.54) is 6.42 Å². The molecule has 0 unspecified atom stereocenters. The van der Waals surface area contributed by atoms with E-state index in [2.05, 4.69) is 70.0 Å². The Morgan fingerprint density at radius 1 is 1.08 bits per heavy atom. The first kappa shape index (κ1) is 27.2. The molecule has 0 aliphatic heterocycles. The van der Waals surface area contributed by atoms with E-state index in [4.69, 9.17) is 15.6 Å². The van der Waals surface area contributed by atoms with Crippen LogP contribution < -0.4 is 0 Å². The van der Waals surface area contributed by atoms with Crippen LogP contribution in [-0.2, 0) is 13.1 Å². The molecule has 0 aliphatic rings. The predicted molar refractivity (Wildman–Crippen MR) is 107 cm³/mol. The molecule has 26 heavy (non-hydrogen) atoms. The third kappa shape index (κ3) is 14.2. The summed E-state index contributed by atoms with van der Waals surface area (Å²) in [5, 5.41) is 28.7. The normalized spacial score (nSPS) is 11.5. The Balaban J connectivity index is 0. The first-order valence-electron chi connectivity index (χ1n) is 9.37. The van der Waals surface area contributed by atoms with E-state index in [9.17, 15) is 0 Å². The molecule has 0 bridgehead atoms. The van der Waals surface area contributed by atoms with Gasteiger partial charge in [-0.15, -0.1) is 5.10 Å². The van der Waals surface area contributed by atoms with Crippen LogP contribution in [0.5, 0.6) is 0 Å². The van der Waals surface area contributed by atoms with E-state index in [0.29, 0.717) is 24.0 Å². The van der Waals surface area contributed by atoms with Gasteiger partial charge in [0.25, 0.3) is 0 Å². The number of aliphatic hydroxyl groups excluding tert-OH is 1. The van der Waals surface area contributed by atoms with Crippen LogP contribution in [0.2, 0.25) is 0 Å². The molecule has 156 valence electrons. The average Bonchev–Trinajstić information content (AvgIpc) is 2.94. The number of hydrogen-bond donors (Lipinski definition) is 3. The second-order valence-electron chi connectivity index (χ2n) is 8.76. The molecule has 0 fully saturated rings. The largest absolute Gasteiger partial charge is 0.396 e. The number of aromatic nitrogens is 3. The molecule has 1 aromatic rings. The Morgan fingerprint density at radius 2 is 1.58 bits per heavy atom. The van der Waals surface area contributed by atoms with Crippen molar-refractivity contribution in [2.24, 2.45) is 17.3 Å². The molecule has 0 radical (unpaired) electrons. The molecule has 7 nitrogen and oxygen atoms in total. The number of hydrogen-bond acceptors (Lipinski definition) is 6. The van der Waals surface area contributed by atoms with Crippen LogP contribution in [-0.4, -0.2) is 55.2 Å². The van der Waals surface area contributed by atoms with Crippen LogP contribution in [0.15, 0.2) is 6.20 Å². The molecule has 0 amide bonds. The minimum absolute atomic E-state index is 0.291. The van der Waals surface area contributed by atoms with Gasteiger partial charge in [-0.25, -0.2) is 4.68 Å². The average molecular weight is 375 g/mol. The summed E-state index contributed by atoms with van der Waals surface area (Å²) in [4.78, 5) is 2.25. The van der Waals surface area contributed by atoms with Crippen molar-refractivity contribution in [2.45, 2.75) is 80.9 Å². The van der Waals surface area contributed by atoms with Crippen LogP contribution in [0.25, 0.3) is 0 Å². The topological polar surface area (TPSA) is 94.6 Å². The summed E-state index contributed by atoms with van der Waals surface area (Å²) in [6.07, 6.45) is 4.29. The molecule has 0 aromatic carbocycles. The van der Waals surface area contributed by atoms with E-state index < -0.39 is 0 Å². The summed E-state index contributed by atoms with van der Waals surface area (Å²) >= 11 is 0. The summed E-state index contributed by atoms with van der Waals surface area (Å²) in [5.74, 6) is 1.16. The minimum atomic E-state index is 0.291. The first-order chi connectivity index (χ1) is 12.0. The first-order valence-corrected chi connectivity index (χ1v) is 9.37. The van der Waals surface area contributed by atoms with Gasteiger partial charge in [0.2, 0.25) is 0 Å². The van der Waals surface area contributed by atoms with Crippen molar-refractivity contribution in [3.63, 3.8) is 0 Å². The van der Waals surface area contributed by atoms with Gasteiger partial charge in [-0.1, -0.05) is 46.8 Å². The van der Waals surface area contributed by atoms with Crippen molar-refractivity contribution in [3.05, 3.63) is 11.9 Å². The zero-order valence-electron chi connectivity index (χ0n) is 18.3. The van der Waals surface area contributed by atoms with Gasteiger partial charge in [0.15, 0.2) is 0 Å². The molecule has 0 spiro atoms. The van der Waals surface area contributed by atoms with E-state index in [1.54, 1.807) is 0 Å². The third-order valence-corrected chi connectivity index (χ3v) is 3.82. The zero-order valence-corrected chi connectivity index (χ0v) is 18.3. The molecule has 0 atom stereocenters.